The van der Waals surface area contributed by atoms with Gasteiger partial charge in [0.15, 0.2) is 0 Å². The lowest BCUT2D eigenvalue weighted by atomic mass is 9.16. The normalized spacial score (nSPS) is 11.0. The molecule has 0 fully saturated rings. The Balaban J connectivity index is 2.29. The van der Waals surface area contributed by atoms with Crippen LogP contribution in [0.25, 0.3) is 0 Å². The summed E-state index contributed by atoms with van der Waals surface area (Å²) < 4.78 is 0. The summed E-state index contributed by atoms with van der Waals surface area (Å²) in [4.78, 5) is 1.34. The van der Waals surface area contributed by atoms with Crippen molar-refractivity contribution in [3.05, 3.63) is 91.0 Å². The van der Waals surface area contributed by atoms with Gasteiger partial charge in [-0.3, -0.25) is 5.82 Å². The van der Waals surface area contributed by atoms with Crippen LogP contribution in [0.2, 0.25) is 0 Å². The smallest absolute Gasteiger partial charge is 0.149 e. The monoisotopic (exact) mass is 325 g/mol. The molecule has 2 heteroatoms. The van der Waals surface area contributed by atoms with Crippen LogP contribution in [0.5, 0.6) is 0 Å². The van der Waals surface area contributed by atoms with Crippen LogP contribution in [0.4, 0.5) is 0 Å². The Bertz CT molecular complexity index is 749. The Kier molecular flexibility index (Phi) is 5.38. The van der Waals surface area contributed by atoms with Crippen molar-refractivity contribution < 1.29 is 4.90 Å². The first-order valence-corrected chi connectivity index (χ1v) is 8.84. The molecule has 25 heavy (non-hydrogen) atoms. The van der Waals surface area contributed by atoms with E-state index in [9.17, 15) is 0 Å². The second-order valence-corrected chi connectivity index (χ2v) is 6.80. The molecule has 0 aliphatic rings. The van der Waals surface area contributed by atoms with Crippen LogP contribution in [0.15, 0.2) is 91.0 Å². The Hall–Kier alpha value is -2.76. The summed E-state index contributed by atoms with van der Waals surface area (Å²) in [6.07, 6.45) is -1.32. The molecular weight excluding hydrogens is 301 g/mol. The van der Waals surface area contributed by atoms with Gasteiger partial charge in [0, 0.05) is 0 Å². The van der Waals surface area contributed by atoms with Gasteiger partial charge in [-0.2, -0.15) is 16.4 Å². The molecule has 0 aromatic heterocycles. The molecule has 0 aliphatic heterocycles. The van der Waals surface area contributed by atoms with Gasteiger partial charge in [0.25, 0.3) is 0 Å². The fourth-order valence-corrected chi connectivity index (χ4v) is 3.43. The van der Waals surface area contributed by atoms with Crippen LogP contribution in [-0.2, 0) is 0 Å². The van der Waals surface area contributed by atoms with Crippen molar-refractivity contribution >= 4 is 22.5 Å². The molecule has 3 rings (SSSR count). The van der Waals surface area contributed by atoms with E-state index in [-0.39, 0.29) is 0 Å². The van der Waals surface area contributed by atoms with E-state index in [4.69, 9.17) is 0 Å². The third-order valence-corrected chi connectivity index (χ3v) is 4.66. The van der Waals surface area contributed by atoms with Crippen LogP contribution >= 0.6 is 0 Å². The van der Waals surface area contributed by atoms with E-state index in [1.54, 1.807) is 0 Å². The summed E-state index contributed by atoms with van der Waals surface area (Å²) in [6.45, 7) is 0.829. The second kappa shape index (κ2) is 7.88. The standard InChI is InChI=1S/C23H23BN/c1-25(2)20-12-19-24(21-13-6-3-7-14-21,22-15-8-4-9-16-22)23-17-10-5-11-18-23/h3-11,13-18H,20H2,1-2H3/q-1/p+1. The van der Waals surface area contributed by atoms with Gasteiger partial charge in [0.05, 0.1) is 14.1 Å². The minimum absolute atomic E-state index is 0.829. The third-order valence-electron chi connectivity index (χ3n) is 4.66. The highest BCUT2D eigenvalue weighted by Gasteiger charge is 2.27. The molecule has 0 saturated carbocycles. The highest BCUT2D eigenvalue weighted by Crippen LogP contribution is 2.06. The third kappa shape index (κ3) is 3.68. The van der Waals surface area contributed by atoms with Gasteiger partial charge < -0.3 is 4.90 Å². The number of benzene rings is 3. The van der Waals surface area contributed by atoms with Gasteiger partial charge in [0.2, 0.25) is 0 Å². The van der Waals surface area contributed by atoms with E-state index in [2.05, 4.69) is 117 Å². The van der Waals surface area contributed by atoms with E-state index >= 15 is 0 Å². The fraction of sp³-hybridized carbons (Fsp3) is 0.130. The largest absolute Gasteiger partial charge is 0.330 e. The van der Waals surface area contributed by atoms with Gasteiger partial charge in [-0.15, -0.1) is 0 Å². The minimum atomic E-state index is -1.32. The molecule has 0 heterocycles. The first-order valence-electron chi connectivity index (χ1n) is 8.84. The van der Waals surface area contributed by atoms with E-state index < -0.39 is 6.15 Å². The fourth-order valence-electron chi connectivity index (χ4n) is 3.43. The predicted octanol–water partition coefficient (Wildman–Crippen LogP) is 0.844. The molecule has 0 atom stereocenters. The Morgan fingerprint density at radius 3 is 1.32 bits per heavy atom. The van der Waals surface area contributed by atoms with Gasteiger partial charge >= 0.3 is 0 Å². The number of rotatable bonds is 4. The van der Waals surface area contributed by atoms with Crippen molar-refractivity contribution in [1.29, 1.82) is 0 Å². The van der Waals surface area contributed by atoms with Crippen molar-refractivity contribution in [2.24, 2.45) is 0 Å². The minimum Gasteiger partial charge on any atom is -0.330 e. The van der Waals surface area contributed by atoms with E-state index in [1.165, 1.54) is 21.3 Å². The maximum absolute atomic E-state index is 3.71. The van der Waals surface area contributed by atoms with Gasteiger partial charge in [-0.1, -0.05) is 96.9 Å². The van der Waals surface area contributed by atoms with Crippen molar-refractivity contribution in [1.82, 2.24) is 0 Å². The van der Waals surface area contributed by atoms with Gasteiger partial charge in [0.1, 0.15) is 12.7 Å². The predicted molar refractivity (Wildman–Crippen MR) is 109 cm³/mol. The maximum Gasteiger partial charge on any atom is 0.149 e. The number of quaternary nitrogens is 1. The van der Waals surface area contributed by atoms with Crippen LogP contribution in [0.1, 0.15) is 0 Å². The average Bonchev–Trinajstić information content (AvgIpc) is 2.67. The molecule has 0 amide bonds. The van der Waals surface area contributed by atoms with E-state index in [1.807, 2.05) is 0 Å². The van der Waals surface area contributed by atoms with Gasteiger partial charge in [-0.25, -0.2) is 0 Å². The molecule has 0 radical (unpaired) electrons. The molecule has 124 valence electrons. The lowest BCUT2D eigenvalue weighted by Gasteiger charge is -2.38. The first kappa shape index (κ1) is 17.1. The maximum atomic E-state index is 3.71. The molecule has 3 aromatic carbocycles. The SMILES string of the molecule is C[NH+](C)CC#C[B-](c1ccccc1)(c1ccccc1)c1ccccc1. The summed E-state index contributed by atoms with van der Waals surface area (Å²) in [5.74, 6) is 7.17. The van der Waals surface area contributed by atoms with Gasteiger partial charge in [-0.05, 0) is 0 Å². The molecule has 0 spiro atoms. The molecule has 0 unspecified atom stereocenters. The first-order chi connectivity index (χ1) is 12.2. The molecular formula is C23H24BN. The van der Waals surface area contributed by atoms with Crippen molar-refractivity contribution in [3.63, 3.8) is 0 Å². The molecule has 3 aromatic rings. The van der Waals surface area contributed by atoms with E-state index in [0.717, 1.165) is 6.54 Å². The molecule has 1 nitrogen and oxygen atoms in total. The number of nitrogens with one attached hydrogen (secondary N) is 1. The molecule has 0 bridgehead atoms. The lowest BCUT2D eigenvalue weighted by molar-refractivity contribution is -0.850. The number of hydrogen-bond donors (Lipinski definition) is 1. The second-order valence-electron chi connectivity index (χ2n) is 6.80. The van der Waals surface area contributed by atoms with Crippen LogP contribution in [0, 0.1) is 11.7 Å². The topological polar surface area (TPSA) is 4.44 Å². The lowest BCUT2D eigenvalue weighted by Crippen LogP contribution is -3.05. The Morgan fingerprint density at radius 1 is 0.640 bits per heavy atom. The number of hydrogen-bond acceptors (Lipinski definition) is 0. The zero-order chi connectivity index (χ0) is 17.5. The molecule has 1 N–H and O–H groups in total. The average molecular weight is 325 g/mol. The Morgan fingerprint density at radius 2 is 1.00 bits per heavy atom. The summed E-state index contributed by atoms with van der Waals surface area (Å²) >= 11 is 0. The quantitative estimate of drug-likeness (QED) is 0.536. The molecule has 0 saturated heterocycles. The van der Waals surface area contributed by atoms with Crippen molar-refractivity contribution in [3.8, 4) is 11.7 Å². The molecule has 0 aliphatic carbocycles. The highest BCUT2D eigenvalue weighted by atomic mass is 15.0. The van der Waals surface area contributed by atoms with Crippen LogP contribution in [-0.4, -0.2) is 26.8 Å². The summed E-state index contributed by atoms with van der Waals surface area (Å²) in [5, 5.41) is 0. The summed E-state index contributed by atoms with van der Waals surface area (Å²) in [6, 6.07) is 32.1. The zero-order valence-electron chi connectivity index (χ0n) is 14.9. The summed E-state index contributed by atoms with van der Waals surface area (Å²) in [7, 11) is 4.27. The zero-order valence-corrected chi connectivity index (χ0v) is 14.9. The summed E-state index contributed by atoms with van der Waals surface area (Å²) in [5.41, 5.74) is 3.79. The van der Waals surface area contributed by atoms with Crippen molar-refractivity contribution in [2.75, 3.05) is 20.6 Å². The van der Waals surface area contributed by atoms with Crippen molar-refractivity contribution in [2.45, 2.75) is 0 Å². The van der Waals surface area contributed by atoms with Crippen LogP contribution < -0.4 is 21.3 Å². The van der Waals surface area contributed by atoms with E-state index in [0.29, 0.717) is 0 Å². The Labute approximate surface area is 151 Å². The van der Waals surface area contributed by atoms with Crippen LogP contribution in [0.3, 0.4) is 0 Å². The highest BCUT2D eigenvalue weighted by molar-refractivity contribution is 7.16.